The molecule has 1 atom stereocenters. The van der Waals surface area contributed by atoms with E-state index in [4.69, 9.17) is 0 Å². The van der Waals surface area contributed by atoms with Crippen molar-refractivity contribution in [1.29, 1.82) is 0 Å². The first-order valence-corrected chi connectivity index (χ1v) is 9.32. The van der Waals surface area contributed by atoms with E-state index in [0.29, 0.717) is 18.8 Å². The van der Waals surface area contributed by atoms with Gasteiger partial charge in [-0.3, -0.25) is 4.79 Å². The second kappa shape index (κ2) is 6.98. The molecule has 0 bridgehead atoms. The second-order valence-corrected chi connectivity index (χ2v) is 7.22. The van der Waals surface area contributed by atoms with Gasteiger partial charge in [0, 0.05) is 18.7 Å². The normalized spacial score (nSPS) is 16.4. The van der Waals surface area contributed by atoms with Crippen LogP contribution in [0.25, 0.3) is 0 Å². The molecule has 2 aromatic heterocycles. The highest BCUT2D eigenvalue weighted by Gasteiger charge is 2.31. The monoisotopic (exact) mass is 364 g/mol. The molecule has 0 saturated carbocycles. The number of amides is 1. The van der Waals surface area contributed by atoms with Gasteiger partial charge in [0.1, 0.15) is 17.3 Å². The molecule has 1 aliphatic heterocycles. The molecular weight excluding hydrogens is 340 g/mol. The van der Waals surface area contributed by atoms with E-state index >= 15 is 0 Å². The van der Waals surface area contributed by atoms with Gasteiger partial charge in [0.25, 0.3) is 5.91 Å². The van der Waals surface area contributed by atoms with Crippen LogP contribution in [0, 0.1) is 13.8 Å². The Balaban J connectivity index is 1.51. The number of hydrogen-bond acceptors (Lipinski definition) is 4. The molecule has 0 fully saturated rings. The van der Waals surface area contributed by atoms with Crippen LogP contribution in [0.5, 0.6) is 0 Å². The van der Waals surface area contributed by atoms with Gasteiger partial charge >= 0.3 is 0 Å². The molecule has 7 nitrogen and oxygen atoms in total. The third kappa shape index (κ3) is 3.37. The number of fused-ring (bicyclic) bond motifs is 1. The maximum Gasteiger partial charge on any atom is 0.274 e. The van der Waals surface area contributed by atoms with Crippen LogP contribution in [0.4, 0.5) is 0 Å². The van der Waals surface area contributed by atoms with Crippen molar-refractivity contribution in [2.75, 3.05) is 6.54 Å². The topological polar surface area (TPSA) is 79.7 Å². The molecule has 3 aromatic rings. The Bertz CT molecular complexity index is 958. The lowest BCUT2D eigenvalue weighted by atomic mass is 10.1. The summed E-state index contributed by atoms with van der Waals surface area (Å²) in [4.78, 5) is 22.2. The quantitative estimate of drug-likeness (QED) is 0.772. The molecule has 1 N–H and O–H groups in total. The SMILES string of the molecule is Cc1nc(C(=O)N2Cc3nnc(CCc4ccccc4)n3[C@@H](C)C2)c(C)[nH]1. The van der Waals surface area contributed by atoms with E-state index in [9.17, 15) is 4.79 Å². The van der Waals surface area contributed by atoms with Crippen LogP contribution in [0.15, 0.2) is 30.3 Å². The maximum atomic E-state index is 12.9. The average molecular weight is 364 g/mol. The number of rotatable bonds is 4. The van der Waals surface area contributed by atoms with Crippen LogP contribution in [-0.4, -0.2) is 42.1 Å². The van der Waals surface area contributed by atoms with E-state index in [2.05, 4.69) is 55.9 Å². The summed E-state index contributed by atoms with van der Waals surface area (Å²) in [6.45, 7) is 6.95. The molecule has 7 heteroatoms. The molecule has 0 aliphatic carbocycles. The van der Waals surface area contributed by atoms with E-state index in [1.54, 1.807) is 0 Å². The zero-order chi connectivity index (χ0) is 19.0. The highest BCUT2D eigenvalue weighted by atomic mass is 16.2. The van der Waals surface area contributed by atoms with Crippen molar-refractivity contribution in [1.82, 2.24) is 29.6 Å². The molecule has 0 spiro atoms. The van der Waals surface area contributed by atoms with Crippen molar-refractivity contribution in [3.05, 3.63) is 64.8 Å². The second-order valence-electron chi connectivity index (χ2n) is 7.22. The van der Waals surface area contributed by atoms with E-state index in [-0.39, 0.29) is 11.9 Å². The number of H-pyrrole nitrogens is 1. The van der Waals surface area contributed by atoms with Gasteiger partial charge in [-0.25, -0.2) is 4.98 Å². The summed E-state index contributed by atoms with van der Waals surface area (Å²) in [7, 11) is 0. The number of carbonyl (C=O) groups excluding carboxylic acids is 1. The number of nitrogens with one attached hydrogen (secondary N) is 1. The number of benzene rings is 1. The van der Waals surface area contributed by atoms with Crippen LogP contribution in [0.1, 0.15) is 52.2 Å². The van der Waals surface area contributed by atoms with Gasteiger partial charge in [0.15, 0.2) is 5.82 Å². The molecule has 4 rings (SSSR count). The van der Waals surface area contributed by atoms with Gasteiger partial charge in [-0.15, -0.1) is 10.2 Å². The van der Waals surface area contributed by atoms with Gasteiger partial charge in [0.05, 0.1) is 12.6 Å². The van der Waals surface area contributed by atoms with Crippen molar-refractivity contribution >= 4 is 5.91 Å². The van der Waals surface area contributed by atoms with Crippen molar-refractivity contribution in [2.24, 2.45) is 0 Å². The molecule has 1 aliphatic rings. The fourth-order valence-electron chi connectivity index (χ4n) is 3.81. The van der Waals surface area contributed by atoms with Crippen molar-refractivity contribution in [3.8, 4) is 0 Å². The number of aromatic nitrogens is 5. The van der Waals surface area contributed by atoms with Gasteiger partial charge in [-0.2, -0.15) is 0 Å². The van der Waals surface area contributed by atoms with Crippen LogP contribution < -0.4 is 0 Å². The highest BCUT2D eigenvalue weighted by Crippen LogP contribution is 2.24. The Morgan fingerprint density at radius 3 is 2.67 bits per heavy atom. The molecule has 27 heavy (non-hydrogen) atoms. The smallest absolute Gasteiger partial charge is 0.274 e. The van der Waals surface area contributed by atoms with Gasteiger partial charge in [-0.05, 0) is 32.8 Å². The fourth-order valence-corrected chi connectivity index (χ4v) is 3.81. The molecule has 0 unspecified atom stereocenters. The molecule has 3 heterocycles. The number of aryl methyl sites for hydroxylation is 4. The minimum absolute atomic E-state index is 0.0521. The number of hydrogen-bond donors (Lipinski definition) is 1. The zero-order valence-corrected chi connectivity index (χ0v) is 15.9. The van der Waals surface area contributed by atoms with Crippen LogP contribution in [-0.2, 0) is 19.4 Å². The lowest BCUT2D eigenvalue weighted by molar-refractivity contribution is 0.0673. The number of nitrogens with zero attached hydrogens (tertiary/aromatic N) is 5. The largest absolute Gasteiger partial charge is 0.346 e. The van der Waals surface area contributed by atoms with E-state index in [1.165, 1.54) is 5.56 Å². The third-order valence-corrected chi connectivity index (χ3v) is 5.07. The summed E-state index contributed by atoms with van der Waals surface area (Å²) < 4.78 is 2.19. The van der Waals surface area contributed by atoms with Gasteiger partial charge in [0.2, 0.25) is 0 Å². The summed E-state index contributed by atoms with van der Waals surface area (Å²) in [6.07, 6.45) is 1.77. The number of carbonyl (C=O) groups is 1. The average Bonchev–Trinajstić information content (AvgIpc) is 3.23. The minimum Gasteiger partial charge on any atom is -0.346 e. The fraction of sp³-hybridized carbons (Fsp3) is 0.400. The van der Waals surface area contributed by atoms with E-state index < -0.39 is 0 Å². The zero-order valence-electron chi connectivity index (χ0n) is 15.9. The Hall–Kier alpha value is -2.96. The summed E-state index contributed by atoms with van der Waals surface area (Å²) >= 11 is 0. The molecule has 140 valence electrons. The minimum atomic E-state index is -0.0521. The predicted octanol–water partition coefficient (Wildman–Crippen LogP) is 2.62. The summed E-state index contributed by atoms with van der Waals surface area (Å²) in [5.74, 6) is 2.53. The summed E-state index contributed by atoms with van der Waals surface area (Å²) in [6, 6.07) is 10.5. The molecule has 0 radical (unpaired) electrons. The van der Waals surface area contributed by atoms with Crippen LogP contribution >= 0.6 is 0 Å². The van der Waals surface area contributed by atoms with Crippen LogP contribution in [0.3, 0.4) is 0 Å². The first-order chi connectivity index (χ1) is 13.0. The number of aromatic amines is 1. The first kappa shape index (κ1) is 17.5. The molecule has 1 amide bonds. The predicted molar refractivity (Wildman–Crippen MR) is 101 cm³/mol. The van der Waals surface area contributed by atoms with E-state index in [0.717, 1.165) is 36.0 Å². The molecular formula is C20H24N6O. The maximum absolute atomic E-state index is 12.9. The first-order valence-electron chi connectivity index (χ1n) is 9.32. The third-order valence-electron chi connectivity index (χ3n) is 5.07. The Morgan fingerprint density at radius 1 is 1.19 bits per heavy atom. The Morgan fingerprint density at radius 2 is 1.96 bits per heavy atom. The van der Waals surface area contributed by atoms with Gasteiger partial charge in [-0.1, -0.05) is 30.3 Å². The highest BCUT2D eigenvalue weighted by molar-refractivity contribution is 5.93. The summed E-state index contributed by atoms with van der Waals surface area (Å²) in [5, 5.41) is 8.77. The lowest BCUT2D eigenvalue weighted by Gasteiger charge is -2.32. The van der Waals surface area contributed by atoms with Crippen molar-refractivity contribution in [3.63, 3.8) is 0 Å². The number of imidazole rings is 1. The lowest BCUT2D eigenvalue weighted by Crippen LogP contribution is -2.41. The van der Waals surface area contributed by atoms with Crippen LogP contribution in [0.2, 0.25) is 0 Å². The van der Waals surface area contributed by atoms with Crippen molar-refractivity contribution in [2.45, 2.75) is 46.2 Å². The Kier molecular flexibility index (Phi) is 4.51. The Labute approximate surface area is 158 Å². The summed E-state index contributed by atoms with van der Waals surface area (Å²) in [5.41, 5.74) is 2.59. The van der Waals surface area contributed by atoms with Gasteiger partial charge < -0.3 is 14.5 Å². The molecule has 1 aromatic carbocycles. The van der Waals surface area contributed by atoms with E-state index in [1.807, 2.05) is 24.8 Å². The molecule has 0 saturated heterocycles. The standard InChI is InChI=1S/C20H24N6O/c1-13-11-25(20(27)19-14(2)21-15(3)22-19)12-18-24-23-17(26(13)18)10-9-16-7-5-4-6-8-16/h4-8,13H,9-12H2,1-3H3,(H,21,22)/t13-/m0/s1. The van der Waals surface area contributed by atoms with Crippen molar-refractivity contribution < 1.29 is 4.79 Å².